The number of rotatable bonds is 19. The first kappa shape index (κ1) is 48.5. The van der Waals surface area contributed by atoms with Crippen LogP contribution in [0.1, 0.15) is 43.3 Å². The molecule has 0 saturated carbocycles. The van der Waals surface area contributed by atoms with Crippen molar-refractivity contribution >= 4 is 47.0 Å². The molecule has 2 unspecified atom stereocenters. The number of hydrogen-bond donors (Lipinski definition) is 4. The van der Waals surface area contributed by atoms with E-state index >= 15 is 0 Å². The van der Waals surface area contributed by atoms with E-state index in [1.54, 1.807) is 0 Å². The van der Waals surface area contributed by atoms with E-state index in [4.69, 9.17) is 20.9 Å². The third-order valence-corrected chi connectivity index (χ3v) is 8.91. The minimum absolute atomic E-state index is 0.00748. The molecule has 0 spiro atoms. The summed E-state index contributed by atoms with van der Waals surface area (Å²) in [5.41, 5.74) is 12.8. The summed E-state index contributed by atoms with van der Waals surface area (Å²) in [5, 5.41) is 22.5. The van der Waals surface area contributed by atoms with Crippen LogP contribution in [0.25, 0.3) is 12.2 Å². The highest BCUT2D eigenvalue weighted by atomic mass is 19.3. The highest BCUT2D eigenvalue weighted by Gasteiger charge is 2.45. The first-order valence-electron chi connectivity index (χ1n) is 18.6. The Balaban J connectivity index is 1.21. The number of halogens is 8. The summed E-state index contributed by atoms with van der Waals surface area (Å²) in [6, 6.07) is 22.6. The van der Waals surface area contributed by atoms with Crippen molar-refractivity contribution in [2.75, 3.05) is 11.5 Å². The molecule has 2 atom stereocenters. The molecule has 0 fully saturated rings. The van der Waals surface area contributed by atoms with Crippen molar-refractivity contribution in [3.63, 3.8) is 0 Å². The van der Waals surface area contributed by atoms with Crippen LogP contribution in [0.5, 0.6) is 23.0 Å². The maximum Gasteiger partial charge on any atom is 0.461 e. The molecule has 340 valence electrons. The van der Waals surface area contributed by atoms with Crippen molar-refractivity contribution in [3.8, 4) is 23.0 Å². The lowest BCUT2D eigenvalue weighted by molar-refractivity contribution is -0.253. The van der Waals surface area contributed by atoms with Gasteiger partial charge in [0.15, 0.2) is 11.6 Å². The first-order valence-corrected chi connectivity index (χ1v) is 18.6. The van der Waals surface area contributed by atoms with E-state index in [1.165, 1.54) is 78.9 Å². The lowest BCUT2D eigenvalue weighted by Crippen LogP contribution is -2.38. The number of ketones is 2. The van der Waals surface area contributed by atoms with Gasteiger partial charge in [0, 0.05) is 11.4 Å². The number of hydrogen-bond acceptors (Lipinski definition) is 12. The van der Waals surface area contributed by atoms with Crippen molar-refractivity contribution in [2.24, 2.45) is 0 Å². The molecule has 0 saturated heterocycles. The van der Waals surface area contributed by atoms with Crippen LogP contribution < -0.4 is 30.4 Å². The fraction of sp³-hybridized carbons (Fsp3) is 0.156. The topological polar surface area (TPSA) is 198 Å². The number of carbonyl (C=O) groups is 4. The van der Waals surface area contributed by atoms with Crippen molar-refractivity contribution in [1.29, 1.82) is 0 Å². The molecule has 12 nitrogen and oxygen atoms in total. The highest BCUT2D eigenvalue weighted by Crippen LogP contribution is 2.32. The molecule has 0 amide bonds. The predicted molar refractivity (Wildman–Crippen MR) is 217 cm³/mol. The Hall–Kier alpha value is -7.58. The van der Waals surface area contributed by atoms with Crippen LogP contribution in [-0.2, 0) is 9.59 Å². The second kappa shape index (κ2) is 20.7. The largest absolute Gasteiger partial charge is 0.461 e. The predicted octanol–water partition coefficient (Wildman–Crippen LogP) is 8.13. The SMILES string of the molecule is Nc1cc(N)cc(C(C(O)C(=O)/C=C/c2ccc(C(=O)Oc3ccc(OC(F)(F)C(F)F)cc3)cc2)C(O)C(=O)/C=C/c2ccc(C(=O)Oc3ccc(OC(F)(F)C(F)F)cc3)cc2)c1. The summed E-state index contributed by atoms with van der Waals surface area (Å²) in [5.74, 6) is -6.76. The zero-order chi connectivity index (χ0) is 47.6. The number of aliphatic hydroxyl groups excluding tert-OH is 2. The summed E-state index contributed by atoms with van der Waals surface area (Å²) >= 11 is 0. The molecule has 0 radical (unpaired) electrons. The molecule has 0 aromatic heterocycles. The van der Waals surface area contributed by atoms with E-state index in [9.17, 15) is 64.5 Å². The van der Waals surface area contributed by atoms with Crippen LogP contribution in [0, 0.1) is 0 Å². The smallest absolute Gasteiger partial charge is 0.428 e. The Morgan fingerprint density at radius 1 is 0.508 bits per heavy atom. The van der Waals surface area contributed by atoms with Gasteiger partial charge in [-0.1, -0.05) is 36.4 Å². The second-order valence-corrected chi connectivity index (χ2v) is 13.7. The second-order valence-electron chi connectivity index (χ2n) is 13.7. The lowest BCUT2D eigenvalue weighted by atomic mass is 9.83. The number of nitrogens with two attached hydrogens (primary N) is 2. The van der Waals surface area contributed by atoms with Gasteiger partial charge in [0.05, 0.1) is 17.0 Å². The molecule has 0 aliphatic heterocycles. The highest BCUT2D eigenvalue weighted by molar-refractivity contribution is 6.01. The fourth-order valence-electron chi connectivity index (χ4n) is 5.69. The third-order valence-electron chi connectivity index (χ3n) is 8.91. The molecule has 5 aromatic carbocycles. The van der Waals surface area contributed by atoms with Gasteiger partial charge in [0.1, 0.15) is 35.2 Å². The van der Waals surface area contributed by atoms with E-state index in [2.05, 4.69) is 9.47 Å². The van der Waals surface area contributed by atoms with Crippen LogP contribution in [0.15, 0.2) is 127 Å². The van der Waals surface area contributed by atoms with E-state index in [-0.39, 0.29) is 39.6 Å². The molecule has 65 heavy (non-hydrogen) atoms. The van der Waals surface area contributed by atoms with Gasteiger partial charge in [0.2, 0.25) is 0 Å². The number of nitrogen functional groups attached to an aromatic ring is 2. The quantitative estimate of drug-likeness (QED) is 0.0204. The molecule has 20 heteroatoms. The lowest BCUT2D eigenvalue weighted by Gasteiger charge is -2.26. The maximum atomic E-state index is 13.3. The Kier molecular flexibility index (Phi) is 15.5. The number of esters is 2. The summed E-state index contributed by atoms with van der Waals surface area (Å²) in [7, 11) is 0. The van der Waals surface area contributed by atoms with Crippen molar-refractivity contribution < 1.29 is 83.5 Å². The van der Waals surface area contributed by atoms with Gasteiger partial charge < -0.3 is 40.6 Å². The molecule has 0 aliphatic rings. The van der Waals surface area contributed by atoms with Gasteiger partial charge in [-0.15, -0.1) is 0 Å². The zero-order valence-corrected chi connectivity index (χ0v) is 33.0. The van der Waals surface area contributed by atoms with Gasteiger partial charge >= 0.3 is 37.0 Å². The van der Waals surface area contributed by atoms with Crippen LogP contribution in [0.4, 0.5) is 46.5 Å². The minimum atomic E-state index is -4.73. The molecule has 0 aliphatic carbocycles. The average molecular weight is 915 g/mol. The molecule has 5 rings (SSSR count). The van der Waals surface area contributed by atoms with E-state index < -0.39 is 78.2 Å². The van der Waals surface area contributed by atoms with Gasteiger partial charge in [0.25, 0.3) is 0 Å². The fourth-order valence-corrected chi connectivity index (χ4v) is 5.69. The number of ether oxygens (including phenoxy) is 4. The maximum absolute atomic E-state index is 13.3. The average Bonchev–Trinajstić information content (AvgIpc) is 3.25. The molecule has 0 heterocycles. The standard InChI is InChI=1S/C45H34F8N2O10/c46-42(47)44(50,51)64-33-15-11-31(12-16-33)62-40(60)26-7-1-24(2-8-26)5-19-35(56)38(58)37(28-21-29(54)23-30(55)22-28)39(59)36(57)20-6-25-3-9-27(10-4-25)41(61)63-32-13-17-34(18-14-32)65-45(52,53)43(48)49/h1-23,37-39,42-43,58-59H,54-55H2/b19-5+,20-6+. The molecular weight excluding hydrogens is 880 g/mol. The summed E-state index contributed by atoms with van der Waals surface area (Å²) < 4.78 is 120. The number of alkyl halides is 8. The van der Waals surface area contributed by atoms with E-state index in [0.717, 1.165) is 60.7 Å². The van der Waals surface area contributed by atoms with Crippen LogP contribution >= 0.6 is 0 Å². The molecule has 6 N–H and O–H groups in total. The number of carbonyl (C=O) groups excluding carboxylic acids is 4. The van der Waals surface area contributed by atoms with E-state index in [0.29, 0.717) is 11.1 Å². The van der Waals surface area contributed by atoms with Gasteiger partial charge in [-0.05, 0) is 120 Å². The Bertz CT molecular complexity index is 2370. The summed E-state index contributed by atoms with van der Waals surface area (Å²) in [6.07, 6.45) is -17.2. The first-order chi connectivity index (χ1) is 30.6. The number of aliphatic hydroxyl groups is 2. The van der Waals surface area contributed by atoms with Gasteiger partial charge in [-0.25, -0.2) is 9.59 Å². The number of benzene rings is 5. The molecule has 0 bridgehead atoms. The monoisotopic (exact) mass is 914 g/mol. The summed E-state index contributed by atoms with van der Waals surface area (Å²) in [4.78, 5) is 51.9. The summed E-state index contributed by atoms with van der Waals surface area (Å²) in [6.45, 7) is 0. The Morgan fingerprint density at radius 3 is 1.15 bits per heavy atom. The molecular formula is C45H34F8N2O10. The van der Waals surface area contributed by atoms with Crippen molar-refractivity contribution in [1.82, 2.24) is 0 Å². The molecule has 5 aromatic rings. The normalized spacial score (nSPS) is 13.4. The van der Waals surface area contributed by atoms with Crippen LogP contribution in [0.2, 0.25) is 0 Å². The minimum Gasteiger partial charge on any atom is -0.428 e. The third kappa shape index (κ3) is 13.2. The zero-order valence-electron chi connectivity index (χ0n) is 33.0. The Labute approximate surface area is 362 Å². The van der Waals surface area contributed by atoms with Crippen LogP contribution in [0.3, 0.4) is 0 Å². The van der Waals surface area contributed by atoms with E-state index in [1.807, 2.05) is 0 Å². The van der Waals surface area contributed by atoms with Gasteiger partial charge in [-0.3, -0.25) is 9.59 Å². The van der Waals surface area contributed by atoms with Gasteiger partial charge in [-0.2, -0.15) is 35.1 Å². The van der Waals surface area contributed by atoms with Crippen molar-refractivity contribution in [2.45, 2.75) is 43.2 Å². The Morgan fingerprint density at radius 2 is 0.831 bits per heavy atom. The van der Waals surface area contributed by atoms with Crippen molar-refractivity contribution in [3.05, 3.63) is 155 Å². The van der Waals surface area contributed by atoms with Crippen LogP contribution in [-0.4, -0.2) is 71.0 Å². The number of anilines is 2.